The SMILES string of the molecule is COc1cc(Sc2nnc(SC)s2)nc(N)n1. The molecule has 0 saturated heterocycles. The second-order valence-corrected chi connectivity index (χ2v) is 6.05. The van der Waals surface area contributed by atoms with Crippen LogP contribution >= 0.6 is 34.9 Å². The molecule has 0 bridgehead atoms. The first-order chi connectivity index (χ1) is 8.21. The van der Waals surface area contributed by atoms with E-state index in [9.17, 15) is 0 Å². The number of nitrogen functional groups attached to an aromatic ring is 1. The molecular formula is C8H9N5OS3. The molecule has 17 heavy (non-hydrogen) atoms. The predicted octanol–water partition coefficient (Wildman–Crippen LogP) is 1.79. The molecule has 6 nitrogen and oxygen atoms in total. The predicted molar refractivity (Wildman–Crippen MR) is 68.8 cm³/mol. The van der Waals surface area contributed by atoms with Crippen molar-refractivity contribution < 1.29 is 4.74 Å². The first-order valence-corrected chi connectivity index (χ1v) is 7.31. The number of anilines is 1. The van der Waals surface area contributed by atoms with E-state index in [1.54, 1.807) is 17.8 Å². The van der Waals surface area contributed by atoms with Gasteiger partial charge in [-0.15, -0.1) is 10.2 Å². The third kappa shape index (κ3) is 3.20. The van der Waals surface area contributed by atoms with E-state index in [1.165, 1.54) is 30.2 Å². The monoisotopic (exact) mass is 287 g/mol. The van der Waals surface area contributed by atoms with Gasteiger partial charge in [0.25, 0.3) is 0 Å². The summed E-state index contributed by atoms with van der Waals surface area (Å²) >= 11 is 4.46. The Kier molecular flexibility index (Phi) is 4.02. The third-order valence-corrected chi connectivity index (χ3v) is 4.53. The van der Waals surface area contributed by atoms with Crippen LogP contribution in [0.5, 0.6) is 5.88 Å². The molecule has 0 aliphatic carbocycles. The van der Waals surface area contributed by atoms with Crippen LogP contribution in [0.4, 0.5) is 5.95 Å². The number of nitrogens with zero attached hydrogens (tertiary/aromatic N) is 4. The van der Waals surface area contributed by atoms with E-state index in [4.69, 9.17) is 10.5 Å². The van der Waals surface area contributed by atoms with Crippen molar-refractivity contribution >= 4 is 40.8 Å². The Morgan fingerprint density at radius 3 is 2.71 bits per heavy atom. The molecule has 0 amide bonds. The standard InChI is InChI=1S/C8H9N5OS3/c1-14-4-3-5(11-6(9)10-4)16-8-13-12-7(15-2)17-8/h3H,1-2H3,(H2,9,10,11). The van der Waals surface area contributed by atoms with Gasteiger partial charge in [0.1, 0.15) is 5.03 Å². The highest BCUT2D eigenvalue weighted by atomic mass is 32.2. The molecule has 2 aromatic heterocycles. The molecule has 0 fully saturated rings. The van der Waals surface area contributed by atoms with Crippen LogP contribution in [0.3, 0.4) is 0 Å². The van der Waals surface area contributed by atoms with Gasteiger partial charge in [-0.05, 0) is 18.0 Å². The van der Waals surface area contributed by atoms with Gasteiger partial charge >= 0.3 is 0 Å². The second kappa shape index (κ2) is 5.52. The molecule has 0 aromatic carbocycles. The molecule has 2 heterocycles. The van der Waals surface area contributed by atoms with E-state index in [2.05, 4.69) is 20.2 Å². The number of hydrogen-bond donors (Lipinski definition) is 1. The molecule has 0 saturated carbocycles. The van der Waals surface area contributed by atoms with Crippen LogP contribution in [-0.2, 0) is 0 Å². The maximum Gasteiger partial charge on any atom is 0.224 e. The number of nitrogens with two attached hydrogens (primary N) is 1. The van der Waals surface area contributed by atoms with Crippen molar-refractivity contribution in [3.8, 4) is 5.88 Å². The van der Waals surface area contributed by atoms with Crippen molar-refractivity contribution in [2.75, 3.05) is 19.1 Å². The summed E-state index contributed by atoms with van der Waals surface area (Å²) in [6.45, 7) is 0. The Hall–Kier alpha value is -1.06. The van der Waals surface area contributed by atoms with Gasteiger partial charge in [-0.1, -0.05) is 23.1 Å². The largest absolute Gasteiger partial charge is 0.481 e. The van der Waals surface area contributed by atoms with Crippen LogP contribution in [0.25, 0.3) is 0 Å². The number of methoxy groups -OCH3 is 1. The molecule has 0 aliphatic rings. The zero-order chi connectivity index (χ0) is 12.3. The summed E-state index contributed by atoms with van der Waals surface area (Å²) in [5.74, 6) is 0.621. The maximum absolute atomic E-state index is 5.57. The topological polar surface area (TPSA) is 86.8 Å². The fraction of sp³-hybridized carbons (Fsp3) is 0.250. The van der Waals surface area contributed by atoms with Crippen molar-refractivity contribution in [3.05, 3.63) is 6.07 Å². The lowest BCUT2D eigenvalue weighted by molar-refractivity contribution is 0.396. The molecule has 0 radical (unpaired) electrons. The molecular weight excluding hydrogens is 278 g/mol. The van der Waals surface area contributed by atoms with Gasteiger partial charge in [0.2, 0.25) is 11.8 Å². The van der Waals surface area contributed by atoms with Gasteiger partial charge < -0.3 is 10.5 Å². The molecule has 0 unspecified atom stereocenters. The number of hydrogen-bond acceptors (Lipinski definition) is 9. The average Bonchev–Trinajstić information content (AvgIpc) is 2.76. The van der Waals surface area contributed by atoms with Gasteiger partial charge in [0.05, 0.1) is 7.11 Å². The van der Waals surface area contributed by atoms with Crippen LogP contribution in [0, 0.1) is 0 Å². The second-order valence-electron chi connectivity index (χ2n) is 2.75. The molecule has 0 atom stereocenters. The molecule has 90 valence electrons. The molecule has 0 aliphatic heterocycles. The fourth-order valence-corrected chi connectivity index (χ4v) is 3.37. The Labute approximate surface area is 110 Å². The van der Waals surface area contributed by atoms with Gasteiger partial charge in [-0.3, -0.25) is 0 Å². The van der Waals surface area contributed by atoms with Crippen LogP contribution < -0.4 is 10.5 Å². The summed E-state index contributed by atoms with van der Waals surface area (Å²) in [7, 11) is 1.53. The van der Waals surface area contributed by atoms with Crippen LogP contribution in [0.2, 0.25) is 0 Å². The maximum atomic E-state index is 5.57. The summed E-state index contributed by atoms with van der Waals surface area (Å²) in [5.41, 5.74) is 5.57. The van der Waals surface area contributed by atoms with Crippen LogP contribution in [-0.4, -0.2) is 33.5 Å². The van der Waals surface area contributed by atoms with Crippen LogP contribution in [0.15, 0.2) is 19.8 Å². The highest BCUT2D eigenvalue weighted by Crippen LogP contribution is 2.32. The Morgan fingerprint density at radius 2 is 2.06 bits per heavy atom. The van der Waals surface area contributed by atoms with E-state index in [0.717, 1.165) is 8.68 Å². The van der Waals surface area contributed by atoms with Gasteiger partial charge in [0.15, 0.2) is 8.68 Å². The van der Waals surface area contributed by atoms with Crippen LogP contribution in [0.1, 0.15) is 0 Å². The molecule has 2 aromatic rings. The number of rotatable bonds is 4. The zero-order valence-corrected chi connectivity index (χ0v) is 11.5. The van der Waals surface area contributed by atoms with E-state index in [0.29, 0.717) is 10.9 Å². The molecule has 0 spiro atoms. The molecule has 2 rings (SSSR count). The summed E-state index contributed by atoms with van der Waals surface area (Å²) in [6, 6.07) is 1.71. The average molecular weight is 287 g/mol. The van der Waals surface area contributed by atoms with E-state index in [-0.39, 0.29) is 5.95 Å². The Bertz CT molecular complexity index is 518. The Morgan fingerprint density at radius 1 is 1.29 bits per heavy atom. The zero-order valence-electron chi connectivity index (χ0n) is 9.08. The highest BCUT2D eigenvalue weighted by molar-refractivity contribution is 8.02. The number of aromatic nitrogens is 4. The third-order valence-electron chi connectivity index (χ3n) is 1.66. The van der Waals surface area contributed by atoms with Crippen molar-refractivity contribution in [1.29, 1.82) is 0 Å². The normalized spacial score (nSPS) is 10.5. The smallest absolute Gasteiger partial charge is 0.224 e. The summed E-state index contributed by atoms with van der Waals surface area (Å²) in [4.78, 5) is 8.00. The first kappa shape index (κ1) is 12.4. The lowest BCUT2D eigenvalue weighted by Crippen LogP contribution is -1.98. The van der Waals surface area contributed by atoms with Crippen molar-refractivity contribution in [1.82, 2.24) is 20.2 Å². The van der Waals surface area contributed by atoms with Crippen molar-refractivity contribution in [2.45, 2.75) is 13.7 Å². The minimum absolute atomic E-state index is 0.182. The summed E-state index contributed by atoms with van der Waals surface area (Å²) in [5, 5.41) is 8.73. The van der Waals surface area contributed by atoms with Gasteiger partial charge in [0, 0.05) is 6.07 Å². The summed E-state index contributed by atoms with van der Waals surface area (Å²) in [6.07, 6.45) is 1.96. The summed E-state index contributed by atoms with van der Waals surface area (Å²) < 4.78 is 6.75. The molecule has 9 heteroatoms. The van der Waals surface area contributed by atoms with Gasteiger partial charge in [-0.2, -0.15) is 4.98 Å². The first-order valence-electron chi connectivity index (χ1n) is 4.45. The highest BCUT2D eigenvalue weighted by Gasteiger charge is 2.09. The number of ether oxygens (including phenoxy) is 1. The fourth-order valence-electron chi connectivity index (χ4n) is 0.988. The quantitative estimate of drug-likeness (QED) is 0.672. The Balaban J connectivity index is 2.20. The van der Waals surface area contributed by atoms with E-state index in [1.807, 2.05) is 6.26 Å². The molecule has 2 N–H and O–H groups in total. The number of thioether (sulfide) groups is 1. The van der Waals surface area contributed by atoms with Crippen molar-refractivity contribution in [2.24, 2.45) is 0 Å². The minimum Gasteiger partial charge on any atom is -0.481 e. The van der Waals surface area contributed by atoms with E-state index < -0.39 is 0 Å². The van der Waals surface area contributed by atoms with Gasteiger partial charge in [-0.25, -0.2) is 4.98 Å². The van der Waals surface area contributed by atoms with Crippen molar-refractivity contribution in [3.63, 3.8) is 0 Å². The lowest BCUT2D eigenvalue weighted by atomic mass is 10.6. The van der Waals surface area contributed by atoms with E-state index >= 15 is 0 Å². The minimum atomic E-state index is 0.182. The lowest BCUT2D eigenvalue weighted by Gasteiger charge is -2.02.